The van der Waals surface area contributed by atoms with Crippen LogP contribution in [0.5, 0.6) is 17.2 Å². The number of phenols is 1. The van der Waals surface area contributed by atoms with E-state index in [1.165, 1.54) is 30.6 Å². The molecule has 0 unspecified atom stereocenters. The van der Waals surface area contributed by atoms with Crippen LogP contribution in [0.4, 0.5) is 5.69 Å². The van der Waals surface area contributed by atoms with E-state index in [9.17, 15) is 9.90 Å². The Kier molecular flexibility index (Phi) is 6.85. The zero-order valence-electron chi connectivity index (χ0n) is 19.6. The van der Waals surface area contributed by atoms with Gasteiger partial charge in [0.25, 0.3) is 5.91 Å². The van der Waals surface area contributed by atoms with Crippen molar-refractivity contribution in [1.82, 2.24) is 4.68 Å². The molecule has 9 heteroatoms. The van der Waals surface area contributed by atoms with Crippen LogP contribution in [0.2, 0.25) is 0 Å². The lowest BCUT2D eigenvalue weighted by atomic mass is 9.96. The second-order valence-electron chi connectivity index (χ2n) is 8.58. The Labute approximate surface area is 207 Å². The number of nitrogens with zero attached hydrogens (tertiary/aromatic N) is 3. The number of benzene rings is 2. The molecular formula is C26H28N4O4S. The van der Waals surface area contributed by atoms with Crippen LogP contribution >= 0.6 is 11.3 Å². The van der Waals surface area contributed by atoms with Crippen molar-refractivity contribution in [2.75, 3.05) is 18.5 Å². The number of nitrogens with one attached hydrogen (secondary N) is 1. The summed E-state index contributed by atoms with van der Waals surface area (Å²) in [6.45, 7) is 2.45. The molecule has 0 spiro atoms. The van der Waals surface area contributed by atoms with Gasteiger partial charge >= 0.3 is 0 Å². The van der Waals surface area contributed by atoms with Gasteiger partial charge in [0.2, 0.25) is 4.80 Å². The van der Waals surface area contributed by atoms with Crippen LogP contribution < -0.4 is 19.6 Å². The Balaban J connectivity index is 1.55. The fourth-order valence-corrected chi connectivity index (χ4v) is 5.22. The minimum atomic E-state index is -0.176. The molecule has 1 aliphatic heterocycles. The van der Waals surface area contributed by atoms with Crippen LogP contribution in [0.1, 0.15) is 44.6 Å². The molecule has 35 heavy (non-hydrogen) atoms. The maximum Gasteiger partial charge on any atom is 0.262 e. The number of phenolic OH excluding ortho intramolecular Hbond substituents is 1. The number of ether oxygens (including phenoxy) is 2. The van der Waals surface area contributed by atoms with Crippen molar-refractivity contribution in [2.45, 2.75) is 45.1 Å². The maximum atomic E-state index is 11.8. The Morgan fingerprint density at radius 2 is 2.09 bits per heavy atom. The van der Waals surface area contributed by atoms with E-state index in [2.05, 4.69) is 5.32 Å². The van der Waals surface area contributed by atoms with E-state index in [4.69, 9.17) is 19.6 Å². The highest BCUT2D eigenvalue weighted by molar-refractivity contribution is 7.07. The van der Waals surface area contributed by atoms with Gasteiger partial charge in [0.1, 0.15) is 17.2 Å². The van der Waals surface area contributed by atoms with E-state index < -0.39 is 0 Å². The fourth-order valence-electron chi connectivity index (χ4n) is 4.32. The fraction of sp³-hybridized carbons (Fsp3) is 0.346. The molecular weight excluding hydrogens is 464 g/mol. The molecule has 2 heterocycles. The summed E-state index contributed by atoms with van der Waals surface area (Å²) in [6, 6.07) is 11.1. The molecule has 182 valence electrons. The second kappa shape index (κ2) is 10.4. The molecule has 1 saturated carbocycles. The third-order valence-corrected chi connectivity index (χ3v) is 6.92. The number of thiazole rings is 1. The summed E-state index contributed by atoms with van der Waals surface area (Å²) in [4.78, 5) is 17.6. The highest BCUT2D eigenvalue weighted by Gasteiger charge is 2.18. The van der Waals surface area contributed by atoms with Crippen LogP contribution in [0, 0.1) is 0 Å². The van der Waals surface area contributed by atoms with E-state index in [-0.39, 0.29) is 24.3 Å². The molecule has 1 amide bonds. The third-order valence-electron chi connectivity index (χ3n) is 6.09. The normalized spacial score (nSPS) is 16.7. The van der Waals surface area contributed by atoms with Crippen LogP contribution in [-0.2, 0) is 4.79 Å². The van der Waals surface area contributed by atoms with Gasteiger partial charge in [-0.3, -0.25) is 9.79 Å². The van der Waals surface area contributed by atoms with E-state index in [1.54, 1.807) is 18.3 Å². The minimum absolute atomic E-state index is 0.0189. The van der Waals surface area contributed by atoms with E-state index in [0.29, 0.717) is 29.4 Å². The zero-order valence-corrected chi connectivity index (χ0v) is 20.4. The van der Waals surface area contributed by atoms with E-state index in [0.717, 1.165) is 28.9 Å². The molecule has 8 nitrogen and oxygen atoms in total. The summed E-state index contributed by atoms with van der Waals surface area (Å²) < 4.78 is 12.8. The van der Waals surface area contributed by atoms with Gasteiger partial charge in [-0.15, -0.1) is 11.3 Å². The number of carbonyl (C=O) groups excluding carboxylic acids is 1. The first-order valence-electron chi connectivity index (χ1n) is 11.9. The van der Waals surface area contributed by atoms with Gasteiger partial charge in [-0.1, -0.05) is 19.3 Å². The highest BCUT2D eigenvalue weighted by atomic mass is 32.1. The summed E-state index contributed by atoms with van der Waals surface area (Å²) in [5.41, 5.74) is 2.93. The molecule has 1 aromatic heterocycles. The first-order valence-corrected chi connectivity index (χ1v) is 12.8. The number of hydrogen-bond acceptors (Lipinski definition) is 7. The zero-order chi connectivity index (χ0) is 24.2. The predicted molar refractivity (Wildman–Crippen MR) is 137 cm³/mol. The summed E-state index contributed by atoms with van der Waals surface area (Å²) in [5.74, 6) is 1.17. The van der Waals surface area contributed by atoms with Crippen molar-refractivity contribution >= 4 is 29.1 Å². The van der Waals surface area contributed by atoms with Crippen molar-refractivity contribution in [2.24, 2.45) is 10.1 Å². The van der Waals surface area contributed by atoms with E-state index >= 15 is 0 Å². The molecule has 2 aromatic carbocycles. The Morgan fingerprint density at radius 3 is 2.89 bits per heavy atom. The first-order chi connectivity index (χ1) is 17.1. The summed E-state index contributed by atoms with van der Waals surface area (Å²) in [7, 11) is 0. The summed E-state index contributed by atoms with van der Waals surface area (Å²) in [6.07, 6.45) is 7.45. The van der Waals surface area contributed by atoms with Gasteiger partial charge in [0.05, 0.1) is 30.2 Å². The lowest BCUT2D eigenvalue weighted by molar-refractivity contribution is -0.118. The SMILES string of the molecule is CCOc1ccc(C=Nn2c(-c3ccc4c(c3)NC(=O)CO4)csc2=NC2CCCCC2)c(O)c1. The molecule has 0 atom stereocenters. The lowest BCUT2D eigenvalue weighted by Gasteiger charge is -2.18. The number of rotatable bonds is 6. The van der Waals surface area contributed by atoms with E-state index in [1.807, 2.05) is 41.2 Å². The Bertz CT molecular complexity index is 1320. The smallest absolute Gasteiger partial charge is 0.262 e. The number of fused-ring (bicyclic) bond motifs is 1. The molecule has 5 rings (SSSR count). The number of amides is 1. The lowest BCUT2D eigenvalue weighted by Crippen LogP contribution is -2.25. The molecule has 0 saturated heterocycles. The Morgan fingerprint density at radius 1 is 1.23 bits per heavy atom. The van der Waals surface area contributed by atoms with Gasteiger partial charge < -0.3 is 19.9 Å². The predicted octanol–water partition coefficient (Wildman–Crippen LogP) is 4.77. The molecule has 0 bridgehead atoms. The third kappa shape index (κ3) is 5.24. The standard InChI is InChI=1S/C26H28N4O4S/c1-2-33-20-10-8-18(23(31)13-20)14-27-30-22(16-35-26(30)28-19-6-4-3-5-7-19)17-9-11-24-21(12-17)29-25(32)15-34-24/h8-14,16,19,31H,2-7,15H2,1H3,(H,29,32). The molecule has 3 aromatic rings. The van der Waals surface area contributed by atoms with Gasteiger partial charge in [0.15, 0.2) is 6.61 Å². The van der Waals surface area contributed by atoms with Crippen molar-refractivity contribution < 1.29 is 19.4 Å². The van der Waals surface area contributed by atoms with Crippen LogP contribution in [0.15, 0.2) is 51.9 Å². The molecule has 1 aliphatic carbocycles. The molecule has 0 radical (unpaired) electrons. The number of anilines is 1. The van der Waals surface area contributed by atoms with Gasteiger partial charge in [-0.25, -0.2) is 4.68 Å². The van der Waals surface area contributed by atoms with Crippen molar-refractivity contribution in [3.05, 3.63) is 52.1 Å². The largest absolute Gasteiger partial charge is 0.507 e. The first kappa shape index (κ1) is 23.2. The summed E-state index contributed by atoms with van der Waals surface area (Å²) in [5, 5.41) is 20.1. The molecule has 2 N–H and O–H groups in total. The number of aromatic hydroxyl groups is 1. The summed E-state index contributed by atoms with van der Waals surface area (Å²) >= 11 is 1.53. The average molecular weight is 493 g/mol. The van der Waals surface area contributed by atoms with Crippen LogP contribution in [0.25, 0.3) is 11.3 Å². The van der Waals surface area contributed by atoms with Gasteiger partial charge in [-0.2, -0.15) is 5.10 Å². The van der Waals surface area contributed by atoms with Gasteiger partial charge in [0, 0.05) is 22.6 Å². The quantitative estimate of drug-likeness (QED) is 0.485. The Hall–Kier alpha value is -3.59. The van der Waals surface area contributed by atoms with Crippen molar-refractivity contribution in [3.8, 4) is 28.5 Å². The highest BCUT2D eigenvalue weighted by Crippen LogP contribution is 2.33. The second-order valence-corrected chi connectivity index (χ2v) is 9.42. The molecule has 1 fully saturated rings. The average Bonchev–Trinajstić information content (AvgIpc) is 3.26. The topological polar surface area (TPSA) is 97.4 Å². The van der Waals surface area contributed by atoms with Gasteiger partial charge in [-0.05, 0) is 50.1 Å². The van der Waals surface area contributed by atoms with Crippen LogP contribution in [0.3, 0.4) is 0 Å². The van der Waals surface area contributed by atoms with Crippen molar-refractivity contribution in [1.29, 1.82) is 0 Å². The minimum Gasteiger partial charge on any atom is -0.507 e. The van der Waals surface area contributed by atoms with Crippen molar-refractivity contribution in [3.63, 3.8) is 0 Å². The number of aromatic nitrogens is 1. The monoisotopic (exact) mass is 492 g/mol. The number of hydrogen-bond donors (Lipinski definition) is 2. The van der Waals surface area contributed by atoms with Crippen LogP contribution in [-0.4, -0.2) is 41.2 Å². The molecule has 2 aliphatic rings. The number of carbonyl (C=O) groups is 1. The maximum absolute atomic E-state index is 11.8.